The molecule has 1 fully saturated rings. The average molecular weight is 303 g/mol. The van der Waals surface area contributed by atoms with E-state index in [1.165, 1.54) is 0 Å². The fourth-order valence-corrected chi connectivity index (χ4v) is 4.75. The Balaban J connectivity index is 1.94. The third kappa shape index (κ3) is 2.97. The Kier molecular flexibility index (Phi) is 3.54. The van der Waals surface area contributed by atoms with Crippen LogP contribution in [0.5, 0.6) is 0 Å². The highest BCUT2D eigenvalue weighted by molar-refractivity contribution is 7.89. The van der Waals surface area contributed by atoms with Gasteiger partial charge in [-0.15, -0.1) is 0 Å². The van der Waals surface area contributed by atoms with Crippen LogP contribution in [-0.4, -0.2) is 14.5 Å². The van der Waals surface area contributed by atoms with Crippen molar-refractivity contribution in [2.45, 2.75) is 44.0 Å². The molecule has 3 rings (SSSR count). The molecule has 112 valence electrons. The number of sulfonamides is 1. The second kappa shape index (κ2) is 5.11. The molecule has 1 N–H and O–H groups in total. The molecule has 2 aromatic rings. The first kappa shape index (κ1) is 14.5. The predicted octanol–water partition coefficient (Wildman–Crippen LogP) is 3.70. The molecular weight excluding hydrogens is 282 g/mol. The Morgan fingerprint density at radius 2 is 1.81 bits per heavy atom. The van der Waals surface area contributed by atoms with Crippen molar-refractivity contribution < 1.29 is 8.42 Å². The molecule has 0 saturated heterocycles. The summed E-state index contributed by atoms with van der Waals surface area (Å²) >= 11 is 0. The molecule has 1 aliphatic rings. The zero-order chi connectivity index (χ0) is 15.1. The molecule has 0 bridgehead atoms. The molecule has 1 unspecified atom stereocenters. The minimum atomic E-state index is -3.47. The average Bonchev–Trinajstić information content (AvgIpc) is 2.76. The third-order valence-electron chi connectivity index (χ3n) is 4.33. The molecule has 0 radical (unpaired) electrons. The van der Waals surface area contributed by atoms with E-state index in [1.807, 2.05) is 30.3 Å². The van der Waals surface area contributed by atoms with Crippen LogP contribution in [0.1, 0.15) is 33.1 Å². The van der Waals surface area contributed by atoms with Gasteiger partial charge in [-0.3, -0.25) is 0 Å². The quantitative estimate of drug-likeness (QED) is 0.940. The standard InChI is InChI=1S/C17H21NO2S/c1-17(2)11-10-14(12-17)18-21(19,20)16-9-5-7-13-6-3-4-8-15(13)16/h3-9,14,18H,10-12H2,1-2H3. The molecule has 4 heteroatoms. The molecule has 2 aromatic carbocycles. The number of fused-ring (bicyclic) bond motifs is 1. The van der Waals surface area contributed by atoms with Gasteiger partial charge >= 0.3 is 0 Å². The van der Waals surface area contributed by atoms with Gasteiger partial charge in [-0.25, -0.2) is 13.1 Å². The molecule has 0 aliphatic heterocycles. The minimum absolute atomic E-state index is 0.0453. The van der Waals surface area contributed by atoms with Crippen LogP contribution in [0.25, 0.3) is 10.8 Å². The zero-order valence-electron chi connectivity index (χ0n) is 12.5. The van der Waals surface area contributed by atoms with Crippen LogP contribution in [0.3, 0.4) is 0 Å². The van der Waals surface area contributed by atoms with Crippen LogP contribution >= 0.6 is 0 Å². The third-order valence-corrected chi connectivity index (χ3v) is 5.91. The molecule has 0 aromatic heterocycles. The lowest BCUT2D eigenvalue weighted by molar-refractivity contribution is 0.372. The van der Waals surface area contributed by atoms with Crippen molar-refractivity contribution in [1.82, 2.24) is 4.72 Å². The molecule has 0 amide bonds. The van der Waals surface area contributed by atoms with E-state index in [2.05, 4.69) is 18.6 Å². The lowest BCUT2D eigenvalue weighted by Gasteiger charge is -2.18. The molecule has 21 heavy (non-hydrogen) atoms. The maximum Gasteiger partial charge on any atom is 0.241 e. The van der Waals surface area contributed by atoms with E-state index in [4.69, 9.17) is 0 Å². The number of rotatable bonds is 3. The van der Waals surface area contributed by atoms with Gasteiger partial charge in [-0.2, -0.15) is 0 Å². The van der Waals surface area contributed by atoms with Gasteiger partial charge in [0.15, 0.2) is 0 Å². The van der Waals surface area contributed by atoms with Gasteiger partial charge < -0.3 is 0 Å². The van der Waals surface area contributed by atoms with Crippen LogP contribution in [0.15, 0.2) is 47.4 Å². The first-order valence-electron chi connectivity index (χ1n) is 7.38. The minimum Gasteiger partial charge on any atom is -0.208 e. The van der Waals surface area contributed by atoms with E-state index in [9.17, 15) is 8.42 Å². The van der Waals surface area contributed by atoms with E-state index < -0.39 is 10.0 Å². The van der Waals surface area contributed by atoms with E-state index in [-0.39, 0.29) is 11.5 Å². The fraction of sp³-hybridized carbons (Fsp3) is 0.412. The van der Waals surface area contributed by atoms with Crippen molar-refractivity contribution in [2.75, 3.05) is 0 Å². The SMILES string of the molecule is CC1(C)CCC(NS(=O)(=O)c2cccc3ccccc23)C1. The van der Waals surface area contributed by atoms with Gasteiger partial charge in [0.25, 0.3) is 0 Å². The summed E-state index contributed by atoms with van der Waals surface area (Å²) in [5, 5.41) is 1.73. The molecule has 1 atom stereocenters. The number of benzene rings is 2. The van der Waals surface area contributed by atoms with Crippen LogP contribution < -0.4 is 4.72 Å². The Morgan fingerprint density at radius 1 is 1.10 bits per heavy atom. The highest BCUT2D eigenvalue weighted by Crippen LogP contribution is 2.37. The smallest absolute Gasteiger partial charge is 0.208 e. The largest absolute Gasteiger partial charge is 0.241 e. The maximum absolute atomic E-state index is 12.7. The molecule has 3 nitrogen and oxygen atoms in total. The monoisotopic (exact) mass is 303 g/mol. The lowest BCUT2D eigenvalue weighted by Crippen LogP contribution is -2.33. The van der Waals surface area contributed by atoms with E-state index in [1.54, 1.807) is 12.1 Å². The highest BCUT2D eigenvalue weighted by atomic mass is 32.2. The van der Waals surface area contributed by atoms with Gasteiger partial charge in [-0.1, -0.05) is 50.2 Å². The van der Waals surface area contributed by atoms with Crippen LogP contribution in [-0.2, 0) is 10.0 Å². The molecule has 1 saturated carbocycles. The number of nitrogens with one attached hydrogen (secondary N) is 1. The van der Waals surface area contributed by atoms with Crippen molar-refractivity contribution in [3.8, 4) is 0 Å². The summed E-state index contributed by atoms with van der Waals surface area (Å²) in [6.07, 6.45) is 2.88. The van der Waals surface area contributed by atoms with Gasteiger partial charge in [0.05, 0.1) is 4.90 Å². The van der Waals surface area contributed by atoms with Crippen LogP contribution in [0.4, 0.5) is 0 Å². The highest BCUT2D eigenvalue weighted by Gasteiger charge is 2.33. The Morgan fingerprint density at radius 3 is 2.52 bits per heavy atom. The Labute approximate surface area is 126 Å². The van der Waals surface area contributed by atoms with Crippen molar-refractivity contribution in [1.29, 1.82) is 0 Å². The molecule has 1 aliphatic carbocycles. The molecule has 0 heterocycles. The van der Waals surface area contributed by atoms with E-state index in [0.717, 1.165) is 30.0 Å². The lowest BCUT2D eigenvalue weighted by atomic mass is 9.92. The summed E-state index contributed by atoms with van der Waals surface area (Å²) in [4.78, 5) is 0.380. The first-order valence-corrected chi connectivity index (χ1v) is 8.86. The zero-order valence-corrected chi connectivity index (χ0v) is 13.3. The number of hydrogen-bond donors (Lipinski definition) is 1. The van der Waals surface area contributed by atoms with Gasteiger partial charge in [-0.05, 0) is 36.1 Å². The Hall–Kier alpha value is -1.39. The topological polar surface area (TPSA) is 46.2 Å². The summed E-state index contributed by atoms with van der Waals surface area (Å²) < 4.78 is 28.3. The van der Waals surface area contributed by atoms with E-state index >= 15 is 0 Å². The number of hydrogen-bond acceptors (Lipinski definition) is 2. The predicted molar refractivity (Wildman–Crippen MR) is 85.7 cm³/mol. The van der Waals surface area contributed by atoms with Crippen LogP contribution in [0.2, 0.25) is 0 Å². The van der Waals surface area contributed by atoms with Gasteiger partial charge in [0.2, 0.25) is 10.0 Å². The maximum atomic E-state index is 12.7. The molecule has 0 spiro atoms. The first-order chi connectivity index (χ1) is 9.87. The van der Waals surface area contributed by atoms with Crippen molar-refractivity contribution in [3.05, 3.63) is 42.5 Å². The summed E-state index contributed by atoms with van der Waals surface area (Å²) in [5.41, 5.74) is 0.228. The van der Waals surface area contributed by atoms with Crippen LogP contribution in [0, 0.1) is 5.41 Å². The second-order valence-electron chi connectivity index (χ2n) is 6.70. The summed E-state index contributed by atoms with van der Waals surface area (Å²) in [7, 11) is -3.47. The van der Waals surface area contributed by atoms with Gasteiger partial charge in [0.1, 0.15) is 0 Å². The summed E-state index contributed by atoms with van der Waals surface area (Å²) in [6.45, 7) is 4.39. The van der Waals surface area contributed by atoms with Crippen molar-refractivity contribution >= 4 is 20.8 Å². The van der Waals surface area contributed by atoms with E-state index in [0.29, 0.717) is 4.90 Å². The molecular formula is C17H21NO2S. The van der Waals surface area contributed by atoms with Crippen molar-refractivity contribution in [2.24, 2.45) is 5.41 Å². The normalized spacial score (nSPS) is 21.7. The second-order valence-corrected chi connectivity index (χ2v) is 8.38. The van der Waals surface area contributed by atoms with Gasteiger partial charge in [0, 0.05) is 11.4 Å². The summed E-state index contributed by atoms with van der Waals surface area (Å²) in [5.74, 6) is 0. The fourth-order valence-electron chi connectivity index (χ4n) is 3.25. The Bertz CT molecular complexity index is 760. The summed E-state index contributed by atoms with van der Waals surface area (Å²) in [6, 6.07) is 13.1. The van der Waals surface area contributed by atoms with Crippen molar-refractivity contribution in [3.63, 3.8) is 0 Å².